The molecule has 3 N–H and O–H groups in total. The number of aliphatic hydroxyl groups excluding tert-OH is 1. The smallest absolute Gasteiger partial charge is 0.341 e. The van der Waals surface area contributed by atoms with Crippen LogP contribution in [0.25, 0.3) is 0 Å². The number of aliphatic carboxylic acids is 1. The van der Waals surface area contributed by atoms with Gasteiger partial charge in [-0.05, 0) is 73.0 Å². The van der Waals surface area contributed by atoms with Gasteiger partial charge in [-0.1, -0.05) is 35.9 Å². The molecule has 0 radical (unpaired) electrons. The number of carbonyl (C=O) groups is 1. The van der Waals surface area contributed by atoms with Crippen molar-refractivity contribution in [1.82, 2.24) is 5.32 Å². The summed E-state index contributed by atoms with van der Waals surface area (Å²) in [4.78, 5) is 10.8. The minimum absolute atomic E-state index is 0. The Hall–Kier alpha value is -2.62. The molecule has 3 aromatic rings. The molecule has 10 heteroatoms. The van der Waals surface area contributed by atoms with Crippen molar-refractivity contribution in [1.29, 1.82) is 0 Å². The highest BCUT2D eigenvalue weighted by molar-refractivity contribution is 7.91. The van der Waals surface area contributed by atoms with Crippen LogP contribution < -0.4 is 10.1 Å². The zero-order valence-electron chi connectivity index (χ0n) is 18.9. The number of benzene rings is 3. The molecule has 7 nitrogen and oxygen atoms in total. The molecule has 3 aromatic carbocycles. The van der Waals surface area contributed by atoms with Crippen molar-refractivity contribution in [2.75, 3.05) is 13.2 Å². The van der Waals surface area contributed by atoms with E-state index < -0.39 is 28.5 Å². The van der Waals surface area contributed by atoms with Crippen LogP contribution in [0.3, 0.4) is 0 Å². The highest BCUT2D eigenvalue weighted by Crippen LogP contribution is 2.24. The molecular formula is C25H27Cl2NO6S. The first kappa shape index (κ1) is 28.6. The molecule has 0 aliphatic rings. The van der Waals surface area contributed by atoms with Crippen molar-refractivity contribution in [3.05, 3.63) is 88.9 Å². The van der Waals surface area contributed by atoms with Crippen molar-refractivity contribution in [3.8, 4) is 5.75 Å². The molecule has 0 fully saturated rings. The van der Waals surface area contributed by atoms with Crippen LogP contribution in [-0.2, 0) is 21.1 Å². The first-order chi connectivity index (χ1) is 16.1. The average Bonchev–Trinajstić information content (AvgIpc) is 2.82. The summed E-state index contributed by atoms with van der Waals surface area (Å²) < 4.78 is 30.8. The van der Waals surface area contributed by atoms with E-state index >= 15 is 0 Å². The first-order valence-corrected chi connectivity index (χ1v) is 12.5. The van der Waals surface area contributed by atoms with Crippen molar-refractivity contribution >= 4 is 39.8 Å². The van der Waals surface area contributed by atoms with Crippen LogP contribution in [0, 0.1) is 0 Å². The number of halogens is 2. The molecule has 0 unspecified atom stereocenters. The van der Waals surface area contributed by atoms with Crippen LogP contribution in [0.15, 0.2) is 82.6 Å². The standard InChI is InChI=1S/C25H26ClNO6S.ClH/c1-17(27-15-24(28)19-3-2-4-20(26)14-19)13-18-5-9-22(10-6-18)34(31,32)23-11-7-21(8-12-23)33-16-25(29)30;/h2-12,14,17,24,27-28H,13,15-16H2,1H3,(H,29,30);1H/t17-,24+;/m1./s1. The minimum Gasteiger partial charge on any atom is -0.482 e. The zero-order chi connectivity index (χ0) is 24.7. The summed E-state index contributed by atoms with van der Waals surface area (Å²) in [6.07, 6.45) is -0.0346. The number of sulfone groups is 1. The normalized spacial score (nSPS) is 12.9. The molecule has 2 atom stereocenters. The Kier molecular flexibility index (Phi) is 10.5. The highest BCUT2D eigenvalue weighted by atomic mass is 35.5. The summed E-state index contributed by atoms with van der Waals surface area (Å²) in [6, 6.07) is 19.4. The third-order valence-corrected chi connectivity index (χ3v) is 7.19. The van der Waals surface area contributed by atoms with E-state index in [0.717, 1.165) is 11.1 Å². The molecule has 0 amide bonds. The predicted molar refractivity (Wildman–Crippen MR) is 136 cm³/mol. The Labute approximate surface area is 216 Å². The molecule has 0 spiro atoms. The van der Waals surface area contributed by atoms with E-state index in [0.29, 0.717) is 18.0 Å². The van der Waals surface area contributed by atoms with Gasteiger partial charge in [0.1, 0.15) is 5.75 Å². The molecule has 3 rings (SSSR count). The number of hydrogen-bond donors (Lipinski definition) is 3. The van der Waals surface area contributed by atoms with Crippen LogP contribution >= 0.6 is 24.0 Å². The van der Waals surface area contributed by atoms with Gasteiger partial charge in [-0.15, -0.1) is 12.4 Å². The molecule has 0 aliphatic carbocycles. The van der Waals surface area contributed by atoms with Crippen LogP contribution in [0.2, 0.25) is 5.02 Å². The zero-order valence-corrected chi connectivity index (χ0v) is 21.3. The molecule has 0 aliphatic heterocycles. The van der Waals surface area contributed by atoms with Gasteiger partial charge in [0.15, 0.2) is 6.61 Å². The maximum Gasteiger partial charge on any atom is 0.341 e. The maximum absolute atomic E-state index is 12.9. The highest BCUT2D eigenvalue weighted by Gasteiger charge is 2.18. The lowest BCUT2D eigenvalue weighted by Gasteiger charge is -2.18. The number of aliphatic hydroxyl groups is 1. The minimum atomic E-state index is -3.72. The summed E-state index contributed by atoms with van der Waals surface area (Å²) in [5.41, 5.74) is 1.69. The molecule has 188 valence electrons. The lowest BCUT2D eigenvalue weighted by Crippen LogP contribution is -2.32. The molecule has 0 aromatic heterocycles. The van der Waals surface area contributed by atoms with E-state index in [-0.39, 0.29) is 34.0 Å². The largest absolute Gasteiger partial charge is 0.482 e. The number of carboxylic acids is 1. The second-order valence-corrected chi connectivity index (χ2v) is 10.3. The van der Waals surface area contributed by atoms with Gasteiger partial charge in [0.25, 0.3) is 0 Å². The third kappa shape index (κ3) is 8.23. The van der Waals surface area contributed by atoms with Gasteiger partial charge in [-0.2, -0.15) is 0 Å². The Bertz CT molecular complexity index is 1220. The van der Waals surface area contributed by atoms with Crippen molar-refractivity contribution in [3.63, 3.8) is 0 Å². The molecule has 0 bridgehead atoms. The van der Waals surface area contributed by atoms with Crippen molar-refractivity contribution < 1.29 is 28.2 Å². The number of ether oxygens (including phenoxy) is 1. The van der Waals surface area contributed by atoms with Gasteiger partial charge in [-0.25, -0.2) is 13.2 Å². The maximum atomic E-state index is 12.9. The summed E-state index contributed by atoms with van der Waals surface area (Å²) in [7, 11) is -3.72. The van der Waals surface area contributed by atoms with Gasteiger partial charge >= 0.3 is 5.97 Å². The summed E-state index contributed by atoms with van der Waals surface area (Å²) in [5.74, 6) is -0.836. The Morgan fingerprint density at radius 2 is 1.63 bits per heavy atom. The van der Waals surface area contributed by atoms with Crippen LogP contribution in [-0.4, -0.2) is 43.8 Å². The molecule has 0 saturated carbocycles. The number of carboxylic acid groups (broad SMARTS) is 1. The van der Waals surface area contributed by atoms with E-state index in [2.05, 4.69) is 5.32 Å². The van der Waals surface area contributed by atoms with E-state index in [4.69, 9.17) is 21.4 Å². The predicted octanol–water partition coefficient (Wildman–Crippen LogP) is 4.31. The van der Waals surface area contributed by atoms with Gasteiger partial charge in [0.05, 0.1) is 15.9 Å². The van der Waals surface area contributed by atoms with Gasteiger partial charge in [-0.3, -0.25) is 0 Å². The average molecular weight is 540 g/mol. The topological polar surface area (TPSA) is 113 Å². The Balaban J connectivity index is 0.00000432. The molecule has 35 heavy (non-hydrogen) atoms. The van der Waals surface area contributed by atoms with Crippen LogP contribution in [0.5, 0.6) is 5.75 Å². The summed E-state index contributed by atoms with van der Waals surface area (Å²) in [6.45, 7) is 1.85. The summed E-state index contributed by atoms with van der Waals surface area (Å²) >= 11 is 5.97. The fraction of sp³-hybridized carbons (Fsp3) is 0.240. The second kappa shape index (κ2) is 12.9. The van der Waals surface area contributed by atoms with E-state index in [1.165, 1.54) is 24.3 Å². The Morgan fingerprint density at radius 1 is 1.03 bits per heavy atom. The fourth-order valence-electron chi connectivity index (χ4n) is 3.37. The van der Waals surface area contributed by atoms with Crippen LogP contribution in [0.4, 0.5) is 0 Å². The quantitative estimate of drug-likeness (QED) is 0.332. The number of rotatable bonds is 11. The van der Waals surface area contributed by atoms with Crippen molar-refractivity contribution in [2.45, 2.75) is 35.3 Å². The molecular weight excluding hydrogens is 513 g/mol. The lowest BCUT2D eigenvalue weighted by molar-refractivity contribution is -0.139. The number of nitrogens with one attached hydrogen (secondary N) is 1. The second-order valence-electron chi connectivity index (χ2n) is 7.89. The molecule has 0 heterocycles. The SMILES string of the molecule is C[C@H](Cc1ccc(S(=O)(=O)c2ccc(OCC(=O)O)cc2)cc1)NC[C@H](O)c1cccc(Cl)c1.Cl. The third-order valence-electron chi connectivity index (χ3n) is 5.16. The van der Waals surface area contributed by atoms with Gasteiger partial charge in [0, 0.05) is 17.6 Å². The molecule has 0 saturated heterocycles. The van der Waals surface area contributed by atoms with E-state index in [1.54, 1.807) is 42.5 Å². The summed E-state index contributed by atoms with van der Waals surface area (Å²) in [5, 5.41) is 22.9. The van der Waals surface area contributed by atoms with Crippen molar-refractivity contribution in [2.24, 2.45) is 0 Å². The first-order valence-electron chi connectivity index (χ1n) is 10.6. The van der Waals surface area contributed by atoms with Gasteiger partial charge in [0.2, 0.25) is 9.84 Å². The number of hydrogen-bond acceptors (Lipinski definition) is 6. The Morgan fingerprint density at radius 3 is 2.20 bits per heavy atom. The van der Waals surface area contributed by atoms with Gasteiger partial charge < -0.3 is 20.3 Å². The van der Waals surface area contributed by atoms with Crippen LogP contribution in [0.1, 0.15) is 24.2 Å². The lowest BCUT2D eigenvalue weighted by atomic mass is 10.1. The fourth-order valence-corrected chi connectivity index (χ4v) is 4.83. The monoisotopic (exact) mass is 539 g/mol. The van der Waals surface area contributed by atoms with E-state index in [9.17, 15) is 18.3 Å². The van der Waals surface area contributed by atoms with E-state index in [1.807, 2.05) is 13.0 Å².